The summed E-state index contributed by atoms with van der Waals surface area (Å²) in [4.78, 5) is 26.1. The first-order chi connectivity index (χ1) is 12.4. The molecule has 8 heteroatoms. The van der Waals surface area contributed by atoms with Crippen molar-refractivity contribution in [2.75, 3.05) is 30.3 Å². The lowest BCUT2D eigenvalue weighted by Crippen LogP contribution is -2.38. The number of rotatable bonds is 7. The van der Waals surface area contributed by atoms with Crippen LogP contribution in [0, 0.1) is 0 Å². The van der Waals surface area contributed by atoms with Crippen molar-refractivity contribution in [3.63, 3.8) is 0 Å². The summed E-state index contributed by atoms with van der Waals surface area (Å²) < 4.78 is 0.931. The molecule has 0 spiro atoms. The number of carbonyl (C=O) groups excluding carboxylic acids is 2. The van der Waals surface area contributed by atoms with Gasteiger partial charge in [0, 0.05) is 10.2 Å². The van der Waals surface area contributed by atoms with Crippen molar-refractivity contribution in [3.05, 3.63) is 57.0 Å². The minimum atomic E-state index is -0.293. The van der Waals surface area contributed by atoms with E-state index in [0.717, 1.165) is 4.47 Å². The Labute approximate surface area is 170 Å². The molecule has 0 aliphatic rings. The van der Waals surface area contributed by atoms with Crippen molar-refractivity contribution in [1.29, 1.82) is 0 Å². The number of para-hydroxylation sites is 1. The molecule has 2 N–H and O–H groups in total. The lowest BCUT2D eigenvalue weighted by Gasteiger charge is -2.20. The fourth-order valence-electron chi connectivity index (χ4n) is 2.22. The normalized spacial score (nSPS) is 10.7. The van der Waals surface area contributed by atoms with Gasteiger partial charge in [-0.2, -0.15) is 0 Å². The highest BCUT2D eigenvalue weighted by atomic mass is 79.9. The summed E-state index contributed by atoms with van der Waals surface area (Å²) >= 11 is 15.4. The zero-order valence-electron chi connectivity index (χ0n) is 14.1. The van der Waals surface area contributed by atoms with Crippen molar-refractivity contribution in [2.24, 2.45) is 0 Å². The van der Waals surface area contributed by atoms with Crippen LogP contribution in [0.4, 0.5) is 11.4 Å². The predicted molar refractivity (Wildman–Crippen MR) is 110 cm³/mol. The minimum absolute atomic E-state index is 0.0474. The van der Waals surface area contributed by atoms with Gasteiger partial charge in [0.1, 0.15) is 0 Å². The third-order valence-electron chi connectivity index (χ3n) is 3.54. The Morgan fingerprint density at radius 2 is 1.50 bits per heavy atom. The fourth-order valence-corrected chi connectivity index (χ4v) is 2.97. The summed E-state index contributed by atoms with van der Waals surface area (Å²) in [6, 6.07) is 12.3. The number of carbonyl (C=O) groups is 2. The van der Waals surface area contributed by atoms with E-state index < -0.39 is 0 Å². The van der Waals surface area contributed by atoms with E-state index in [0.29, 0.717) is 28.0 Å². The van der Waals surface area contributed by atoms with Crippen LogP contribution in [0.25, 0.3) is 0 Å². The van der Waals surface area contributed by atoms with E-state index in [4.69, 9.17) is 23.2 Å². The van der Waals surface area contributed by atoms with E-state index in [9.17, 15) is 9.59 Å². The standard InChI is InChI=1S/C18H18BrCl2N3O2/c1-2-24(10-16(25)22-13-8-6-12(19)7-9-13)11-17(26)23-18-14(20)4-3-5-15(18)21/h3-9H,2,10-11H2,1H3,(H,22,25)(H,23,26). The summed E-state index contributed by atoms with van der Waals surface area (Å²) in [7, 11) is 0. The van der Waals surface area contributed by atoms with Crippen LogP contribution < -0.4 is 10.6 Å². The minimum Gasteiger partial charge on any atom is -0.325 e. The van der Waals surface area contributed by atoms with Gasteiger partial charge in [0.05, 0.1) is 28.8 Å². The Kier molecular flexibility index (Phi) is 7.90. The van der Waals surface area contributed by atoms with Gasteiger partial charge in [-0.1, -0.05) is 52.1 Å². The largest absolute Gasteiger partial charge is 0.325 e. The summed E-state index contributed by atoms with van der Waals surface area (Å²) in [6.45, 7) is 2.56. The second-order valence-corrected chi connectivity index (χ2v) is 7.23. The molecular weight excluding hydrogens is 441 g/mol. The Hall–Kier alpha value is -1.60. The molecule has 2 aromatic carbocycles. The highest BCUT2D eigenvalue weighted by Gasteiger charge is 2.15. The highest BCUT2D eigenvalue weighted by molar-refractivity contribution is 9.10. The molecular formula is C18H18BrCl2N3O2. The van der Waals surface area contributed by atoms with E-state index in [1.807, 2.05) is 19.1 Å². The first-order valence-corrected chi connectivity index (χ1v) is 9.45. The van der Waals surface area contributed by atoms with Gasteiger partial charge in [-0.25, -0.2) is 0 Å². The van der Waals surface area contributed by atoms with E-state index in [1.165, 1.54) is 0 Å². The Morgan fingerprint density at radius 1 is 0.962 bits per heavy atom. The van der Waals surface area contributed by atoms with Gasteiger partial charge in [-0.05, 0) is 42.9 Å². The number of hydrogen-bond donors (Lipinski definition) is 2. The molecule has 2 rings (SSSR count). The van der Waals surface area contributed by atoms with Crippen LogP contribution in [0.1, 0.15) is 6.92 Å². The molecule has 0 bridgehead atoms. The topological polar surface area (TPSA) is 61.4 Å². The van der Waals surface area contributed by atoms with Gasteiger partial charge >= 0.3 is 0 Å². The molecule has 26 heavy (non-hydrogen) atoms. The van der Waals surface area contributed by atoms with Gasteiger partial charge < -0.3 is 10.6 Å². The van der Waals surface area contributed by atoms with Crippen molar-refractivity contribution in [3.8, 4) is 0 Å². The van der Waals surface area contributed by atoms with E-state index in [1.54, 1.807) is 35.2 Å². The smallest absolute Gasteiger partial charge is 0.238 e. The third kappa shape index (κ3) is 6.29. The van der Waals surface area contributed by atoms with Gasteiger partial charge in [0.25, 0.3) is 0 Å². The molecule has 0 saturated carbocycles. The zero-order valence-corrected chi connectivity index (χ0v) is 17.2. The molecule has 0 atom stereocenters. The van der Waals surface area contributed by atoms with Crippen molar-refractivity contribution < 1.29 is 9.59 Å². The van der Waals surface area contributed by atoms with Crippen LogP contribution in [0.3, 0.4) is 0 Å². The molecule has 5 nitrogen and oxygen atoms in total. The van der Waals surface area contributed by atoms with Gasteiger partial charge in [0.2, 0.25) is 11.8 Å². The SMILES string of the molecule is CCN(CC(=O)Nc1ccc(Br)cc1)CC(=O)Nc1c(Cl)cccc1Cl. The van der Waals surface area contributed by atoms with Crippen LogP contribution in [0.5, 0.6) is 0 Å². The molecule has 0 heterocycles. The Balaban J connectivity index is 1.90. The third-order valence-corrected chi connectivity index (χ3v) is 4.70. The molecule has 0 fully saturated rings. The summed E-state index contributed by atoms with van der Waals surface area (Å²) in [6.07, 6.45) is 0. The van der Waals surface area contributed by atoms with Crippen LogP contribution in [-0.4, -0.2) is 36.3 Å². The number of hydrogen-bond acceptors (Lipinski definition) is 3. The molecule has 2 amide bonds. The molecule has 0 saturated heterocycles. The van der Waals surface area contributed by atoms with Crippen LogP contribution in [0.15, 0.2) is 46.9 Å². The molecule has 0 unspecified atom stereocenters. The lowest BCUT2D eigenvalue weighted by atomic mass is 10.3. The molecule has 2 aromatic rings. The number of nitrogens with zero attached hydrogens (tertiary/aromatic N) is 1. The number of benzene rings is 2. The van der Waals surface area contributed by atoms with Gasteiger partial charge in [0.15, 0.2) is 0 Å². The fraction of sp³-hybridized carbons (Fsp3) is 0.222. The van der Waals surface area contributed by atoms with Crippen molar-refractivity contribution in [1.82, 2.24) is 4.90 Å². The number of amides is 2. The van der Waals surface area contributed by atoms with Crippen LogP contribution >= 0.6 is 39.1 Å². The molecule has 0 radical (unpaired) electrons. The second-order valence-electron chi connectivity index (χ2n) is 5.50. The number of nitrogens with one attached hydrogen (secondary N) is 2. The first kappa shape index (κ1) is 20.7. The van der Waals surface area contributed by atoms with E-state index >= 15 is 0 Å². The molecule has 0 aliphatic heterocycles. The van der Waals surface area contributed by atoms with Gasteiger partial charge in [-0.15, -0.1) is 0 Å². The maximum atomic E-state index is 12.3. The Bertz CT molecular complexity index is 764. The maximum absolute atomic E-state index is 12.3. The summed E-state index contributed by atoms with van der Waals surface area (Å²) in [5, 5.41) is 6.22. The quantitative estimate of drug-likeness (QED) is 0.634. The summed E-state index contributed by atoms with van der Waals surface area (Å²) in [5.74, 6) is -0.490. The van der Waals surface area contributed by atoms with Crippen molar-refractivity contribution >= 4 is 62.3 Å². The molecule has 0 aliphatic carbocycles. The monoisotopic (exact) mass is 457 g/mol. The molecule has 0 aromatic heterocycles. The van der Waals surface area contributed by atoms with Crippen molar-refractivity contribution in [2.45, 2.75) is 6.92 Å². The second kappa shape index (κ2) is 9.92. The average Bonchev–Trinajstić information content (AvgIpc) is 2.59. The van der Waals surface area contributed by atoms with E-state index in [-0.39, 0.29) is 24.9 Å². The first-order valence-electron chi connectivity index (χ1n) is 7.90. The summed E-state index contributed by atoms with van der Waals surface area (Å²) in [5.41, 5.74) is 1.07. The molecule has 138 valence electrons. The highest BCUT2D eigenvalue weighted by Crippen LogP contribution is 2.29. The number of halogens is 3. The lowest BCUT2D eigenvalue weighted by molar-refractivity contribution is -0.119. The van der Waals surface area contributed by atoms with Gasteiger partial charge in [-0.3, -0.25) is 14.5 Å². The Morgan fingerprint density at radius 3 is 2.04 bits per heavy atom. The van der Waals surface area contributed by atoms with Crippen LogP contribution in [0.2, 0.25) is 10.0 Å². The zero-order chi connectivity index (χ0) is 19.1. The maximum Gasteiger partial charge on any atom is 0.238 e. The predicted octanol–water partition coefficient (Wildman–Crippen LogP) is 4.66. The van der Waals surface area contributed by atoms with Crippen LogP contribution in [-0.2, 0) is 9.59 Å². The number of likely N-dealkylation sites (N-methyl/N-ethyl adjacent to an activating group) is 1. The van der Waals surface area contributed by atoms with E-state index in [2.05, 4.69) is 26.6 Å². The number of anilines is 2. The average molecular weight is 459 g/mol.